The van der Waals surface area contributed by atoms with Gasteiger partial charge >= 0.3 is 0 Å². The van der Waals surface area contributed by atoms with Gasteiger partial charge < -0.3 is 4.90 Å². The number of aromatic nitrogens is 2. The molecule has 1 aromatic carbocycles. The Morgan fingerprint density at radius 1 is 1.22 bits per heavy atom. The van der Waals surface area contributed by atoms with E-state index in [9.17, 15) is 9.59 Å². The van der Waals surface area contributed by atoms with Gasteiger partial charge in [0.05, 0.1) is 23.0 Å². The average molecular weight is 326 g/mol. The summed E-state index contributed by atoms with van der Waals surface area (Å²) >= 11 is 0.903. The zero-order valence-electron chi connectivity index (χ0n) is 12.6. The van der Waals surface area contributed by atoms with Gasteiger partial charge in [-0.1, -0.05) is 18.2 Å². The van der Waals surface area contributed by atoms with Crippen molar-refractivity contribution in [1.29, 1.82) is 0 Å². The third kappa shape index (κ3) is 3.40. The molecule has 116 valence electrons. The van der Waals surface area contributed by atoms with Crippen LogP contribution in [0, 0.1) is 0 Å². The van der Waals surface area contributed by atoms with E-state index in [1.54, 1.807) is 18.5 Å². The van der Waals surface area contributed by atoms with Crippen molar-refractivity contribution in [2.45, 2.75) is 0 Å². The molecule has 1 fully saturated rings. The number of anilines is 1. The molecule has 3 rings (SSSR count). The Morgan fingerprint density at radius 2 is 2.04 bits per heavy atom. The number of nitrogens with zero attached hydrogens (tertiary/aromatic N) is 3. The largest absolute Gasteiger partial charge is 0.361 e. The molecule has 2 aromatic rings. The van der Waals surface area contributed by atoms with Crippen molar-refractivity contribution < 1.29 is 9.59 Å². The molecule has 2 amide bonds. The summed E-state index contributed by atoms with van der Waals surface area (Å²) in [7, 11) is 3.81. The summed E-state index contributed by atoms with van der Waals surface area (Å²) in [5.74, 6) is 0.405. The molecule has 1 saturated heterocycles. The number of benzene rings is 1. The van der Waals surface area contributed by atoms with Crippen molar-refractivity contribution in [3.05, 3.63) is 47.1 Å². The predicted octanol–water partition coefficient (Wildman–Crippen LogP) is 2.53. The smallest absolute Gasteiger partial charge is 0.290 e. The molecule has 0 saturated carbocycles. The highest BCUT2D eigenvalue weighted by Crippen LogP contribution is 2.27. The summed E-state index contributed by atoms with van der Waals surface area (Å²) in [6.45, 7) is 0. The summed E-state index contributed by atoms with van der Waals surface area (Å²) in [4.78, 5) is 33.8. The lowest BCUT2D eigenvalue weighted by molar-refractivity contribution is -0.115. The highest BCUT2D eigenvalue weighted by molar-refractivity contribution is 8.18. The molecule has 0 spiro atoms. The first kappa shape index (κ1) is 15.2. The van der Waals surface area contributed by atoms with Crippen LogP contribution in [0.3, 0.4) is 0 Å². The molecule has 0 atom stereocenters. The van der Waals surface area contributed by atoms with Crippen molar-refractivity contribution in [3.63, 3.8) is 0 Å². The molecule has 0 radical (unpaired) electrons. The molecule has 2 heterocycles. The molecule has 0 bridgehead atoms. The number of rotatable bonds is 3. The van der Waals surface area contributed by atoms with Gasteiger partial charge in [-0.05, 0) is 29.5 Å². The highest BCUT2D eigenvalue weighted by Gasteiger charge is 2.24. The maximum atomic E-state index is 11.6. The number of thioether (sulfide) groups is 1. The van der Waals surface area contributed by atoms with Gasteiger partial charge in [0.2, 0.25) is 0 Å². The van der Waals surface area contributed by atoms with Crippen LogP contribution in [0.15, 0.2) is 41.6 Å². The third-order valence-electron chi connectivity index (χ3n) is 3.20. The number of carbonyl (C=O) groups excluding carboxylic acids is 2. The average Bonchev–Trinajstić information content (AvgIpc) is 2.85. The molecule has 7 heteroatoms. The molecule has 23 heavy (non-hydrogen) atoms. The minimum Gasteiger partial charge on any atom is -0.361 e. The second kappa shape index (κ2) is 6.21. The summed E-state index contributed by atoms with van der Waals surface area (Å²) in [5.41, 5.74) is 2.47. The van der Waals surface area contributed by atoms with E-state index >= 15 is 0 Å². The first-order chi connectivity index (χ1) is 11.0. The molecule has 1 aromatic heterocycles. The molecule has 1 N–H and O–H groups in total. The van der Waals surface area contributed by atoms with E-state index in [1.807, 2.05) is 43.3 Å². The number of hydrogen-bond donors (Lipinski definition) is 1. The highest BCUT2D eigenvalue weighted by atomic mass is 32.2. The number of carbonyl (C=O) groups is 2. The Labute approximate surface area is 137 Å². The van der Waals surface area contributed by atoms with E-state index in [1.165, 1.54) is 0 Å². The van der Waals surface area contributed by atoms with Gasteiger partial charge in [-0.3, -0.25) is 19.9 Å². The zero-order chi connectivity index (χ0) is 16.4. The van der Waals surface area contributed by atoms with Crippen LogP contribution in [-0.4, -0.2) is 35.2 Å². The normalized spacial score (nSPS) is 15.8. The Balaban J connectivity index is 1.94. The van der Waals surface area contributed by atoms with E-state index in [0.29, 0.717) is 4.91 Å². The quantitative estimate of drug-likeness (QED) is 0.874. The van der Waals surface area contributed by atoms with Crippen molar-refractivity contribution >= 4 is 34.8 Å². The van der Waals surface area contributed by atoms with Crippen LogP contribution in [0.1, 0.15) is 5.56 Å². The van der Waals surface area contributed by atoms with Gasteiger partial charge in [-0.25, -0.2) is 4.98 Å². The molecule has 1 aliphatic heterocycles. The van der Waals surface area contributed by atoms with Gasteiger partial charge in [-0.2, -0.15) is 0 Å². The summed E-state index contributed by atoms with van der Waals surface area (Å²) in [5, 5.41) is 1.90. The lowest BCUT2D eigenvalue weighted by atomic mass is 10.1. The summed E-state index contributed by atoms with van der Waals surface area (Å²) in [6.07, 6.45) is 5.08. The maximum Gasteiger partial charge on any atom is 0.290 e. The van der Waals surface area contributed by atoms with E-state index in [2.05, 4.69) is 15.3 Å². The number of amides is 2. The first-order valence-electron chi connectivity index (χ1n) is 6.87. The van der Waals surface area contributed by atoms with Gasteiger partial charge in [-0.15, -0.1) is 0 Å². The number of nitrogens with one attached hydrogen (secondary N) is 1. The third-order valence-corrected chi connectivity index (χ3v) is 4.01. The van der Waals surface area contributed by atoms with Crippen molar-refractivity contribution in [2.24, 2.45) is 0 Å². The fraction of sp³-hybridized carbons (Fsp3) is 0.125. The maximum absolute atomic E-state index is 11.6. The van der Waals surface area contributed by atoms with Crippen LogP contribution in [0.25, 0.3) is 17.3 Å². The van der Waals surface area contributed by atoms with Gasteiger partial charge in [0, 0.05) is 19.7 Å². The molecule has 0 unspecified atom stereocenters. The minimum atomic E-state index is -0.361. The Hall–Kier alpha value is -2.67. The van der Waals surface area contributed by atoms with Crippen LogP contribution >= 0.6 is 11.8 Å². The Morgan fingerprint density at radius 3 is 2.74 bits per heavy atom. The Bertz CT molecular complexity index is 817. The van der Waals surface area contributed by atoms with E-state index in [4.69, 9.17) is 0 Å². The lowest BCUT2D eigenvalue weighted by Gasteiger charge is -2.11. The monoisotopic (exact) mass is 326 g/mol. The SMILES string of the molecule is CN(C)c1cncc(-c2cccc(C=C3SC(=O)NC3=O)c2)n1. The first-order valence-corrected chi connectivity index (χ1v) is 7.69. The second-order valence-electron chi connectivity index (χ2n) is 5.13. The van der Waals surface area contributed by atoms with Crippen LogP contribution in [0.5, 0.6) is 0 Å². The molecular weight excluding hydrogens is 312 g/mol. The Kier molecular flexibility index (Phi) is 4.12. The lowest BCUT2D eigenvalue weighted by Crippen LogP contribution is -2.17. The van der Waals surface area contributed by atoms with E-state index in [0.717, 1.165) is 34.4 Å². The van der Waals surface area contributed by atoms with Crippen molar-refractivity contribution in [1.82, 2.24) is 15.3 Å². The van der Waals surface area contributed by atoms with Gasteiger partial charge in [0.15, 0.2) is 0 Å². The minimum absolute atomic E-state index is 0.345. The molecule has 6 nitrogen and oxygen atoms in total. The summed E-state index contributed by atoms with van der Waals surface area (Å²) < 4.78 is 0. The van der Waals surface area contributed by atoms with Crippen molar-refractivity contribution in [2.75, 3.05) is 19.0 Å². The fourth-order valence-corrected chi connectivity index (χ4v) is 2.75. The van der Waals surface area contributed by atoms with Crippen molar-refractivity contribution in [3.8, 4) is 11.3 Å². The summed E-state index contributed by atoms with van der Waals surface area (Å²) in [6, 6.07) is 7.59. The molecule has 1 aliphatic rings. The van der Waals surface area contributed by atoms with Crippen LogP contribution < -0.4 is 10.2 Å². The molecule has 0 aliphatic carbocycles. The number of hydrogen-bond acceptors (Lipinski definition) is 6. The van der Waals surface area contributed by atoms with Crippen LogP contribution in [0.2, 0.25) is 0 Å². The second-order valence-corrected chi connectivity index (χ2v) is 6.15. The van der Waals surface area contributed by atoms with Crippen LogP contribution in [0.4, 0.5) is 10.6 Å². The zero-order valence-corrected chi connectivity index (χ0v) is 13.4. The predicted molar refractivity (Wildman–Crippen MR) is 90.9 cm³/mol. The standard InChI is InChI=1S/C16H14N4O2S/c1-20(2)14-9-17-8-12(18-14)11-5-3-4-10(6-11)7-13-15(21)19-16(22)23-13/h3-9H,1-2H3,(H,19,21,22). The number of imide groups is 1. The topological polar surface area (TPSA) is 75.2 Å². The molecular formula is C16H14N4O2S. The van der Waals surface area contributed by atoms with Crippen LogP contribution in [-0.2, 0) is 4.79 Å². The van der Waals surface area contributed by atoms with E-state index < -0.39 is 0 Å². The van der Waals surface area contributed by atoms with Gasteiger partial charge in [0.1, 0.15) is 5.82 Å². The fourth-order valence-electron chi connectivity index (χ4n) is 2.07. The van der Waals surface area contributed by atoms with E-state index in [-0.39, 0.29) is 11.1 Å². The van der Waals surface area contributed by atoms with Gasteiger partial charge in [0.25, 0.3) is 11.1 Å².